The van der Waals surface area contributed by atoms with Crippen LogP contribution in [-0.2, 0) is 4.74 Å². The minimum Gasteiger partial charge on any atom is -0.492 e. The van der Waals surface area contributed by atoms with Crippen LogP contribution in [0.4, 0.5) is 0 Å². The predicted molar refractivity (Wildman–Crippen MR) is 83.0 cm³/mol. The second kappa shape index (κ2) is 8.49. The number of hydrogen-bond donors (Lipinski definition) is 3. The molecule has 0 bridgehead atoms. The van der Waals surface area contributed by atoms with Crippen LogP contribution in [0.15, 0.2) is 29.4 Å². The summed E-state index contributed by atoms with van der Waals surface area (Å²) in [4.78, 5) is 0. The fourth-order valence-corrected chi connectivity index (χ4v) is 1.85. The van der Waals surface area contributed by atoms with Crippen molar-refractivity contribution in [3.63, 3.8) is 0 Å². The highest BCUT2D eigenvalue weighted by atomic mass is 16.5. The third-order valence-electron chi connectivity index (χ3n) is 2.89. The van der Waals surface area contributed by atoms with Crippen LogP contribution in [0.1, 0.15) is 26.3 Å². The van der Waals surface area contributed by atoms with Crippen molar-refractivity contribution in [3.05, 3.63) is 29.8 Å². The van der Waals surface area contributed by atoms with Crippen LogP contribution < -0.4 is 15.8 Å². The normalized spacial score (nSPS) is 12.4. The van der Waals surface area contributed by atoms with Crippen LogP contribution in [0.5, 0.6) is 5.75 Å². The van der Waals surface area contributed by atoms with Gasteiger partial charge in [0.15, 0.2) is 5.84 Å². The molecule has 0 amide bonds. The van der Waals surface area contributed by atoms with Gasteiger partial charge in [0.25, 0.3) is 0 Å². The lowest BCUT2D eigenvalue weighted by Gasteiger charge is -2.25. The molecule has 1 aromatic rings. The lowest BCUT2D eigenvalue weighted by Crippen LogP contribution is -2.39. The number of amidine groups is 1. The molecule has 0 aliphatic rings. The molecule has 0 aliphatic carbocycles. The van der Waals surface area contributed by atoms with E-state index in [9.17, 15) is 0 Å². The highest BCUT2D eigenvalue weighted by Crippen LogP contribution is 2.12. The molecule has 118 valence electrons. The molecule has 0 spiro atoms. The summed E-state index contributed by atoms with van der Waals surface area (Å²) in [5.74, 6) is 0.830. The van der Waals surface area contributed by atoms with Gasteiger partial charge in [0, 0.05) is 25.3 Å². The average Bonchev–Trinajstić information content (AvgIpc) is 2.46. The largest absolute Gasteiger partial charge is 0.492 e. The molecule has 6 heteroatoms. The first-order valence-electron chi connectivity index (χ1n) is 7.04. The summed E-state index contributed by atoms with van der Waals surface area (Å²) in [7, 11) is 0. The van der Waals surface area contributed by atoms with Crippen molar-refractivity contribution in [2.75, 3.05) is 26.3 Å². The summed E-state index contributed by atoms with van der Waals surface area (Å²) >= 11 is 0. The maximum absolute atomic E-state index is 8.58. The van der Waals surface area contributed by atoms with E-state index in [4.69, 9.17) is 20.4 Å². The Morgan fingerprint density at radius 3 is 2.57 bits per heavy atom. The Balaban J connectivity index is 2.27. The lowest BCUT2D eigenvalue weighted by molar-refractivity contribution is -0.00902. The van der Waals surface area contributed by atoms with Gasteiger partial charge in [-0.05, 0) is 45.0 Å². The first-order chi connectivity index (χ1) is 9.98. The average molecular weight is 295 g/mol. The summed E-state index contributed by atoms with van der Waals surface area (Å²) in [5.41, 5.74) is 5.97. The first-order valence-corrected chi connectivity index (χ1v) is 7.04. The Kier molecular flexibility index (Phi) is 6.98. The zero-order valence-corrected chi connectivity index (χ0v) is 12.9. The van der Waals surface area contributed by atoms with E-state index in [2.05, 4.69) is 24.3 Å². The number of hydrogen-bond acceptors (Lipinski definition) is 5. The third kappa shape index (κ3) is 6.46. The molecule has 4 N–H and O–H groups in total. The number of benzene rings is 1. The second-order valence-electron chi connectivity index (χ2n) is 5.23. The summed E-state index contributed by atoms with van der Waals surface area (Å²) in [6.07, 6.45) is 0. The molecule has 0 radical (unpaired) electrons. The van der Waals surface area contributed by atoms with Crippen LogP contribution in [0, 0.1) is 0 Å². The molecule has 6 nitrogen and oxygen atoms in total. The molecule has 0 heterocycles. The van der Waals surface area contributed by atoms with Gasteiger partial charge < -0.3 is 25.7 Å². The van der Waals surface area contributed by atoms with Gasteiger partial charge in [0.1, 0.15) is 12.4 Å². The number of nitrogens with zero attached hydrogens (tertiary/aromatic N) is 1. The van der Waals surface area contributed by atoms with Gasteiger partial charge >= 0.3 is 0 Å². The predicted octanol–water partition coefficient (Wildman–Crippen LogP) is 1.56. The van der Waals surface area contributed by atoms with E-state index in [0.29, 0.717) is 18.8 Å². The van der Waals surface area contributed by atoms with Crippen LogP contribution >= 0.6 is 0 Å². The number of nitrogens with two attached hydrogens (primary N) is 1. The van der Waals surface area contributed by atoms with Crippen molar-refractivity contribution in [3.8, 4) is 5.75 Å². The van der Waals surface area contributed by atoms with Crippen LogP contribution in [0.3, 0.4) is 0 Å². The fourth-order valence-electron chi connectivity index (χ4n) is 1.85. The third-order valence-corrected chi connectivity index (χ3v) is 2.89. The Hall–Kier alpha value is -1.79. The van der Waals surface area contributed by atoms with Gasteiger partial charge in [0.2, 0.25) is 0 Å². The van der Waals surface area contributed by atoms with Gasteiger partial charge in [-0.2, -0.15) is 0 Å². The van der Waals surface area contributed by atoms with E-state index in [0.717, 1.165) is 18.8 Å². The number of oxime groups is 1. The molecule has 0 fully saturated rings. The summed E-state index contributed by atoms with van der Waals surface area (Å²) in [5, 5.41) is 14.8. The molecule has 1 aromatic carbocycles. The van der Waals surface area contributed by atoms with E-state index in [1.807, 2.05) is 6.92 Å². The molecular weight excluding hydrogens is 270 g/mol. The zero-order valence-electron chi connectivity index (χ0n) is 12.9. The first kappa shape index (κ1) is 17.3. The van der Waals surface area contributed by atoms with Gasteiger partial charge in [0.05, 0.1) is 5.60 Å². The van der Waals surface area contributed by atoms with Gasteiger partial charge in [-0.25, -0.2) is 0 Å². The van der Waals surface area contributed by atoms with Crippen LogP contribution in [0.25, 0.3) is 0 Å². The van der Waals surface area contributed by atoms with Crippen LogP contribution in [0.2, 0.25) is 0 Å². The van der Waals surface area contributed by atoms with E-state index >= 15 is 0 Å². The van der Waals surface area contributed by atoms with Gasteiger partial charge in [-0.1, -0.05) is 5.16 Å². The molecule has 0 unspecified atom stereocenters. The maximum atomic E-state index is 8.58. The second-order valence-corrected chi connectivity index (χ2v) is 5.23. The van der Waals surface area contributed by atoms with Gasteiger partial charge in [-0.15, -0.1) is 0 Å². The minimum absolute atomic E-state index is 0.0846. The Bertz CT molecular complexity index is 444. The van der Waals surface area contributed by atoms with E-state index in [1.54, 1.807) is 24.3 Å². The van der Waals surface area contributed by atoms with Crippen molar-refractivity contribution in [1.29, 1.82) is 0 Å². The summed E-state index contributed by atoms with van der Waals surface area (Å²) < 4.78 is 11.2. The number of ether oxygens (including phenoxy) is 2. The smallest absolute Gasteiger partial charge is 0.170 e. The standard InChI is InChI=1S/C15H25N3O3/c1-4-21-15(2,3)11-17-9-10-20-13-7-5-12(6-8-13)14(16)18-19/h5-8,17,19H,4,9-11H2,1-3H3,(H2,16,18). The molecule has 0 saturated heterocycles. The Labute approximate surface area is 125 Å². The Morgan fingerprint density at radius 1 is 1.33 bits per heavy atom. The molecule has 0 atom stereocenters. The van der Waals surface area contributed by atoms with Crippen molar-refractivity contribution in [1.82, 2.24) is 5.32 Å². The Morgan fingerprint density at radius 2 is 2.00 bits per heavy atom. The lowest BCUT2D eigenvalue weighted by atomic mass is 10.1. The summed E-state index contributed by atoms with van der Waals surface area (Å²) in [6, 6.07) is 7.07. The van der Waals surface area contributed by atoms with Crippen molar-refractivity contribution in [2.45, 2.75) is 26.4 Å². The topological polar surface area (TPSA) is 89.1 Å². The number of rotatable bonds is 9. The molecule has 1 rings (SSSR count). The highest BCUT2D eigenvalue weighted by Gasteiger charge is 2.16. The SMILES string of the molecule is CCOC(C)(C)CNCCOc1ccc(/C(N)=N/O)cc1. The van der Waals surface area contributed by atoms with Gasteiger partial charge in [-0.3, -0.25) is 0 Å². The summed E-state index contributed by atoms with van der Waals surface area (Å²) in [6.45, 7) is 8.86. The van der Waals surface area contributed by atoms with E-state index < -0.39 is 0 Å². The van der Waals surface area contributed by atoms with E-state index in [1.165, 1.54) is 0 Å². The van der Waals surface area contributed by atoms with Crippen LogP contribution in [-0.4, -0.2) is 42.9 Å². The van der Waals surface area contributed by atoms with Crippen molar-refractivity contribution in [2.24, 2.45) is 10.9 Å². The maximum Gasteiger partial charge on any atom is 0.170 e. The highest BCUT2D eigenvalue weighted by molar-refractivity contribution is 5.97. The van der Waals surface area contributed by atoms with Crippen molar-refractivity contribution >= 4 is 5.84 Å². The molecule has 0 aromatic heterocycles. The minimum atomic E-state index is -0.169. The molecule has 21 heavy (non-hydrogen) atoms. The van der Waals surface area contributed by atoms with Crippen molar-refractivity contribution < 1.29 is 14.7 Å². The van der Waals surface area contributed by atoms with E-state index in [-0.39, 0.29) is 11.4 Å². The quantitative estimate of drug-likeness (QED) is 0.211. The molecule has 0 saturated carbocycles. The molecule has 0 aliphatic heterocycles. The zero-order chi connectivity index (χ0) is 15.7. The monoisotopic (exact) mass is 295 g/mol. The fraction of sp³-hybridized carbons (Fsp3) is 0.533. The number of nitrogens with one attached hydrogen (secondary N) is 1. The molecular formula is C15H25N3O3.